The second-order valence-corrected chi connectivity index (χ2v) is 5.60. The number of rotatable bonds is 7. The summed E-state index contributed by atoms with van der Waals surface area (Å²) in [6.45, 7) is 0.227. The maximum Gasteiger partial charge on any atom is 0.254 e. The van der Waals surface area contributed by atoms with Crippen molar-refractivity contribution in [2.45, 2.75) is 13.0 Å². The Bertz CT molecular complexity index is 928. The molecule has 2 amide bonds. The molecule has 0 aliphatic carbocycles. The minimum absolute atomic E-state index is 0.0487. The van der Waals surface area contributed by atoms with Crippen molar-refractivity contribution in [3.05, 3.63) is 71.8 Å². The van der Waals surface area contributed by atoms with Gasteiger partial charge >= 0.3 is 0 Å². The Morgan fingerprint density at radius 2 is 1.74 bits per heavy atom. The van der Waals surface area contributed by atoms with Crippen molar-refractivity contribution in [2.24, 2.45) is 0 Å². The molecule has 0 fully saturated rings. The fourth-order valence-electron chi connectivity index (χ4n) is 2.38. The quantitative estimate of drug-likeness (QED) is 0.653. The maximum absolute atomic E-state index is 13.5. The molecule has 2 N–H and O–H groups in total. The molecule has 0 spiro atoms. The zero-order chi connectivity index (χ0) is 19.1. The number of carbonyl (C=O) groups is 2. The molecule has 3 aromatic rings. The molecule has 2 aromatic carbocycles. The van der Waals surface area contributed by atoms with E-state index in [1.54, 1.807) is 6.07 Å². The molecule has 0 unspecified atom stereocenters. The normalized spacial score (nSPS) is 10.4. The van der Waals surface area contributed by atoms with Crippen LogP contribution in [0.4, 0.5) is 4.39 Å². The number of carbonyl (C=O) groups excluding carboxylic acids is 2. The summed E-state index contributed by atoms with van der Waals surface area (Å²) in [4.78, 5) is 23.8. The molecule has 0 aliphatic rings. The minimum atomic E-state index is -0.604. The average Bonchev–Trinajstić information content (AvgIpc) is 3.16. The van der Waals surface area contributed by atoms with Gasteiger partial charge in [-0.15, -0.1) is 5.10 Å². The predicted octanol–water partition coefficient (Wildman–Crippen LogP) is 1.24. The summed E-state index contributed by atoms with van der Waals surface area (Å²) in [6.07, 6.45) is 0.0487. The number of para-hydroxylation sites is 1. The molecule has 0 saturated heterocycles. The third-order valence-corrected chi connectivity index (χ3v) is 3.73. The lowest BCUT2D eigenvalue weighted by Crippen LogP contribution is -2.31. The van der Waals surface area contributed by atoms with Gasteiger partial charge < -0.3 is 10.6 Å². The van der Waals surface area contributed by atoms with Gasteiger partial charge in [-0.3, -0.25) is 9.59 Å². The number of amides is 2. The van der Waals surface area contributed by atoms with E-state index >= 15 is 0 Å². The van der Waals surface area contributed by atoms with Crippen molar-refractivity contribution in [1.82, 2.24) is 30.8 Å². The fraction of sp³-hybridized carbons (Fsp3) is 0.167. The molecule has 0 atom stereocenters. The Morgan fingerprint density at radius 3 is 2.52 bits per heavy atom. The Morgan fingerprint density at radius 1 is 1.00 bits per heavy atom. The second kappa shape index (κ2) is 8.65. The predicted molar refractivity (Wildman–Crippen MR) is 94.4 cm³/mol. The molecule has 8 nitrogen and oxygen atoms in total. The largest absolute Gasteiger partial charge is 0.351 e. The van der Waals surface area contributed by atoms with E-state index in [1.165, 1.54) is 22.9 Å². The van der Waals surface area contributed by atoms with Gasteiger partial charge in [-0.1, -0.05) is 30.3 Å². The number of hydrogen-bond acceptors (Lipinski definition) is 5. The average molecular weight is 368 g/mol. The Balaban J connectivity index is 1.47. The van der Waals surface area contributed by atoms with Crippen LogP contribution in [0.2, 0.25) is 0 Å². The van der Waals surface area contributed by atoms with E-state index in [-0.39, 0.29) is 31.0 Å². The zero-order valence-electron chi connectivity index (χ0n) is 14.3. The summed E-state index contributed by atoms with van der Waals surface area (Å²) in [5, 5.41) is 16.6. The molecule has 9 heteroatoms. The number of nitrogens with zero attached hydrogens (tertiary/aromatic N) is 4. The molecule has 3 rings (SSSR count). The summed E-state index contributed by atoms with van der Waals surface area (Å²) in [5.74, 6) is -0.975. The van der Waals surface area contributed by atoms with E-state index in [1.807, 2.05) is 30.3 Å². The highest BCUT2D eigenvalue weighted by Gasteiger charge is 2.12. The minimum Gasteiger partial charge on any atom is -0.351 e. The molecule has 27 heavy (non-hydrogen) atoms. The molecule has 0 bridgehead atoms. The van der Waals surface area contributed by atoms with Gasteiger partial charge in [0.25, 0.3) is 5.91 Å². The van der Waals surface area contributed by atoms with E-state index in [0.29, 0.717) is 5.82 Å². The van der Waals surface area contributed by atoms with Crippen LogP contribution in [0.15, 0.2) is 54.6 Å². The number of aromatic nitrogens is 4. The van der Waals surface area contributed by atoms with Gasteiger partial charge in [0.15, 0.2) is 5.82 Å². The van der Waals surface area contributed by atoms with Gasteiger partial charge in [0.1, 0.15) is 5.82 Å². The highest BCUT2D eigenvalue weighted by molar-refractivity contribution is 5.94. The molecule has 138 valence electrons. The smallest absolute Gasteiger partial charge is 0.254 e. The number of halogens is 1. The van der Waals surface area contributed by atoms with Crippen molar-refractivity contribution in [3.63, 3.8) is 0 Å². The summed E-state index contributed by atoms with van der Waals surface area (Å²) in [7, 11) is 0. The topological polar surface area (TPSA) is 102 Å². The molecule has 0 radical (unpaired) electrons. The summed E-state index contributed by atoms with van der Waals surface area (Å²) in [5.41, 5.74) is 0.726. The van der Waals surface area contributed by atoms with Gasteiger partial charge in [-0.05, 0) is 34.7 Å². The molecular formula is C18H17FN6O2. The highest BCUT2D eigenvalue weighted by atomic mass is 19.1. The standard InChI is InChI=1S/C18H17FN6O2/c19-15-9-5-4-8-14(15)18(27)20-11-10-17(26)21-12-16-22-23-24-25(16)13-6-2-1-3-7-13/h1-9H,10-12H2,(H,20,27)(H,21,26). The van der Waals surface area contributed by atoms with Crippen molar-refractivity contribution in [1.29, 1.82) is 0 Å². The van der Waals surface area contributed by atoms with E-state index < -0.39 is 11.7 Å². The monoisotopic (exact) mass is 368 g/mol. The first-order valence-electron chi connectivity index (χ1n) is 8.27. The van der Waals surface area contributed by atoms with Crippen molar-refractivity contribution in [2.75, 3.05) is 6.54 Å². The van der Waals surface area contributed by atoms with Crippen LogP contribution in [0.25, 0.3) is 5.69 Å². The Kier molecular flexibility index (Phi) is 5.83. The van der Waals surface area contributed by atoms with E-state index in [0.717, 1.165) is 5.69 Å². The van der Waals surface area contributed by atoms with Crippen LogP contribution in [0, 0.1) is 5.82 Å². The third-order valence-electron chi connectivity index (χ3n) is 3.73. The van der Waals surface area contributed by atoms with Crippen LogP contribution in [0.5, 0.6) is 0 Å². The SMILES string of the molecule is O=C(CCNC(=O)c1ccccc1F)NCc1nnnn1-c1ccccc1. The van der Waals surface area contributed by atoms with Crippen molar-refractivity contribution in [3.8, 4) is 5.69 Å². The summed E-state index contributed by atoms with van der Waals surface area (Å²) in [6, 6.07) is 15.0. The van der Waals surface area contributed by atoms with E-state index in [4.69, 9.17) is 0 Å². The molecule has 0 aliphatic heterocycles. The van der Waals surface area contributed by atoms with Crippen LogP contribution in [0.1, 0.15) is 22.6 Å². The van der Waals surface area contributed by atoms with Crippen LogP contribution >= 0.6 is 0 Å². The van der Waals surface area contributed by atoms with E-state index in [2.05, 4.69) is 26.2 Å². The second-order valence-electron chi connectivity index (χ2n) is 5.60. The number of benzene rings is 2. The van der Waals surface area contributed by atoms with Gasteiger partial charge in [-0.25, -0.2) is 4.39 Å². The number of tetrazole rings is 1. The van der Waals surface area contributed by atoms with Crippen molar-refractivity contribution >= 4 is 11.8 Å². The van der Waals surface area contributed by atoms with Crippen LogP contribution in [-0.2, 0) is 11.3 Å². The van der Waals surface area contributed by atoms with Gasteiger partial charge in [0, 0.05) is 13.0 Å². The molecule has 1 heterocycles. The molecular weight excluding hydrogens is 351 g/mol. The highest BCUT2D eigenvalue weighted by Crippen LogP contribution is 2.07. The number of nitrogens with one attached hydrogen (secondary N) is 2. The third kappa shape index (κ3) is 4.72. The summed E-state index contributed by atoms with van der Waals surface area (Å²) >= 11 is 0. The van der Waals surface area contributed by atoms with Crippen LogP contribution in [-0.4, -0.2) is 38.6 Å². The molecule has 0 saturated carbocycles. The first kappa shape index (κ1) is 18.2. The Labute approximate surface area is 154 Å². The lowest BCUT2D eigenvalue weighted by atomic mass is 10.2. The first-order valence-corrected chi connectivity index (χ1v) is 8.27. The lowest BCUT2D eigenvalue weighted by molar-refractivity contribution is -0.121. The van der Waals surface area contributed by atoms with Gasteiger partial charge in [0.2, 0.25) is 5.91 Å². The first-order chi connectivity index (χ1) is 13.1. The van der Waals surface area contributed by atoms with Crippen LogP contribution in [0.3, 0.4) is 0 Å². The summed E-state index contributed by atoms with van der Waals surface area (Å²) < 4.78 is 15.0. The van der Waals surface area contributed by atoms with Crippen LogP contribution < -0.4 is 10.6 Å². The Hall–Kier alpha value is -3.62. The van der Waals surface area contributed by atoms with Gasteiger partial charge in [0.05, 0.1) is 17.8 Å². The fourth-order valence-corrected chi connectivity index (χ4v) is 2.38. The molecule has 1 aromatic heterocycles. The van der Waals surface area contributed by atoms with Gasteiger partial charge in [-0.2, -0.15) is 4.68 Å². The maximum atomic E-state index is 13.5. The lowest BCUT2D eigenvalue weighted by Gasteiger charge is -2.08. The number of hydrogen-bond donors (Lipinski definition) is 2. The van der Waals surface area contributed by atoms with Crippen molar-refractivity contribution < 1.29 is 14.0 Å². The van der Waals surface area contributed by atoms with E-state index in [9.17, 15) is 14.0 Å². The zero-order valence-corrected chi connectivity index (χ0v) is 14.3.